The van der Waals surface area contributed by atoms with E-state index in [0.29, 0.717) is 22.3 Å². The first-order valence-electron chi connectivity index (χ1n) is 5.51. The average molecular weight is 262 g/mol. The normalized spacial score (nSPS) is 12.1. The summed E-state index contributed by atoms with van der Waals surface area (Å²) in [5, 5.41) is 3.19. The number of oxazole rings is 1. The SMILES string of the molecule is Cc1cnc(C(C)Nc2ncccc2C(N)=S)o1. The van der Waals surface area contributed by atoms with E-state index in [1.807, 2.05) is 19.9 Å². The lowest BCUT2D eigenvalue weighted by atomic mass is 10.2. The maximum Gasteiger partial charge on any atom is 0.216 e. The Morgan fingerprint density at radius 1 is 1.50 bits per heavy atom. The maximum atomic E-state index is 5.65. The van der Waals surface area contributed by atoms with Crippen LogP contribution in [-0.4, -0.2) is 15.0 Å². The second kappa shape index (κ2) is 5.14. The van der Waals surface area contributed by atoms with Crippen molar-refractivity contribution in [3.05, 3.63) is 41.7 Å². The Hall–Kier alpha value is -1.95. The highest BCUT2D eigenvalue weighted by Crippen LogP contribution is 2.20. The van der Waals surface area contributed by atoms with Gasteiger partial charge in [0.2, 0.25) is 5.89 Å². The molecular formula is C12H14N4OS. The van der Waals surface area contributed by atoms with Gasteiger partial charge in [-0.15, -0.1) is 0 Å². The number of nitrogens with two attached hydrogens (primary N) is 1. The Kier molecular flexibility index (Phi) is 3.57. The maximum absolute atomic E-state index is 5.65. The molecule has 2 rings (SSSR count). The van der Waals surface area contributed by atoms with E-state index in [4.69, 9.17) is 22.4 Å². The van der Waals surface area contributed by atoms with Crippen LogP contribution in [0.3, 0.4) is 0 Å². The molecule has 2 aromatic rings. The molecule has 5 nitrogen and oxygen atoms in total. The minimum Gasteiger partial charge on any atom is -0.444 e. The smallest absolute Gasteiger partial charge is 0.216 e. The van der Waals surface area contributed by atoms with Gasteiger partial charge in [0.25, 0.3) is 0 Å². The van der Waals surface area contributed by atoms with E-state index < -0.39 is 0 Å². The summed E-state index contributed by atoms with van der Waals surface area (Å²) in [7, 11) is 0. The van der Waals surface area contributed by atoms with Gasteiger partial charge in [0, 0.05) is 6.20 Å². The molecule has 0 aliphatic rings. The molecular weight excluding hydrogens is 248 g/mol. The molecule has 0 aliphatic carbocycles. The average Bonchev–Trinajstić information content (AvgIpc) is 2.76. The van der Waals surface area contributed by atoms with Gasteiger partial charge in [-0.3, -0.25) is 0 Å². The van der Waals surface area contributed by atoms with Crippen molar-refractivity contribution in [2.24, 2.45) is 5.73 Å². The van der Waals surface area contributed by atoms with Crippen LogP contribution in [0.5, 0.6) is 0 Å². The zero-order chi connectivity index (χ0) is 13.1. The lowest BCUT2D eigenvalue weighted by molar-refractivity contribution is 0.453. The van der Waals surface area contributed by atoms with Gasteiger partial charge >= 0.3 is 0 Å². The predicted octanol–water partition coefficient (Wildman–Crippen LogP) is 2.19. The lowest BCUT2D eigenvalue weighted by Crippen LogP contribution is -2.16. The summed E-state index contributed by atoms with van der Waals surface area (Å²) in [6, 6.07) is 3.51. The molecule has 2 heterocycles. The number of aromatic nitrogens is 2. The molecule has 0 aliphatic heterocycles. The Bertz CT molecular complexity index is 567. The quantitative estimate of drug-likeness (QED) is 0.822. The minimum atomic E-state index is -0.110. The molecule has 0 aromatic carbocycles. The number of anilines is 1. The van der Waals surface area contributed by atoms with E-state index in [9.17, 15) is 0 Å². The second-order valence-electron chi connectivity index (χ2n) is 3.94. The molecule has 0 saturated carbocycles. The van der Waals surface area contributed by atoms with E-state index in [2.05, 4.69) is 15.3 Å². The van der Waals surface area contributed by atoms with Crippen LogP contribution in [0.2, 0.25) is 0 Å². The molecule has 0 radical (unpaired) electrons. The standard InChI is InChI=1S/C12H14N4OS/c1-7-6-15-12(17-7)8(2)16-11-9(10(13)18)4-3-5-14-11/h3-6,8H,1-2H3,(H2,13,18)(H,14,16). The van der Waals surface area contributed by atoms with Gasteiger partial charge in [-0.1, -0.05) is 12.2 Å². The first kappa shape index (κ1) is 12.5. The molecule has 0 spiro atoms. The van der Waals surface area contributed by atoms with Crippen molar-refractivity contribution in [3.63, 3.8) is 0 Å². The molecule has 0 fully saturated rings. The molecule has 18 heavy (non-hydrogen) atoms. The Labute approximate surface area is 110 Å². The number of pyridine rings is 1. The summed E-state index contributed by atoms with van der Waals surface area (Å²) in [6.45, 7) is 3.79. The van der Waals surface area contributed by atoms with Crippen LogP contribution in [0.15, 0.2) is 28.9 Å². The summed E-state index contributed by atoms with van der Waals surface area (Å²) in [6.07, 6.45) is 3.36. The van der Waals surface area contributed by atoms with Gasteiger partial charge in [0.1, 0.15) is 22.6 Å². The van der Waals surface area contributed by atoms with Gasteiger partial charge in [-0.05, 0) is 26.0 Å². The summed E-state index contributed by atoms with van der Waals surface area (Å²) in [5.41, 5.74) is 6.36. The van der Waals surface area contributed by atoms with Crippen molar-refractivity contribution in [1.29, 1.82) is 0 Å². The molecule has 1 unspecified atom stereocenters. The lowest BCUT2D eigenvalue weighted by Gasteiger charge is -2.13. The number of hydrogen-bond acceptors (Lipinski definition) is 5. The van der Waals surface area contributed by atoms with E-state index in [1.165, 1.54) is 0 Å². The zero-order valence-electron chi connectivity index (χ0n) is 10.2. The largest absolute Gasteiger partial charge is 0.444 e. The fourth-order valence-electron chi connectivity index (χ4n) is 1.56. The topological polar surface area (TPSA) is 77.0 Å². The fraction of sp³-hybridized carbons (Fsp3) is 0.250. The van der Waals surface area contributed by atoms with Gasteiger partial charge in [-0.25, -0.2) is 9.97 Å². The Balaban J connectivity index is 2.21. The highest BCUT2D eigenvalue weighted by molar-refractivity contribution is 7.80. The third-order valence-electron chi connectivity index (χ3n) is 2.44. The van der Waals surface area contributed by atoms with E-state index in [0.717, 1.165) is 5.76 Å². The number of rotatable bonds is 4. The molecule has 3 N–H and O–H groups in total. The van der Waals surface area contributed by atoms with Crippen LogP contribution in [0.1, 0.15) is 30.2 Å². The molecule has 6 heteroatoms. The van der Waals surface area contributed by atoms with Gasteiger partial charge in [0.05, 0.1) is 11.8 Å². The molecule has 0 amide bonds. The van der Waals surface area contributed by atoms with Gasteiger partial charge in [-0.2, -0.15) is 0 Å². The number of aryl methyl sites for hydroxylation is 1. The Morgan fingerprint density at radius 2 is 2.28 bits per heavy atom. The first-order valence-corrected chi connectivity index (χ1v) is 5.92. The van der Waals surface area contributed by atoms with Crippen molar-refractivity contribution in [2.75, 3.05) is 5.32 Å². The third-order valence-corrected chi connectivity index (χ3v) is 2.66. The van der Waals surface area contributed by atoms with E-state index in [-0.39, 0.29) is 6.04 Å². The van der Waals surface area contributed by atoms with Crippen molar-refractivity contribution < 1.29 is 4.42 Å². The predicted molar refractivity (Wildman–Crippen MR) is 73.4 cm³/mol. The molecule has 2 aromatic heterocycles. The first-order chi connectivity index (χ1) is 8.58. The van der Waals surface area contributed by atoms with Gasteiger partial charge < -0.3 is 15.5 Å². The highest BCUT2D eigenvalue weighted by atomic mass is 32.1. The van der Waals surface area contributed by atoms with Crippen LogP contribution in [0, 0.1) is 6.92 Å². The van der Waals surface area contributed by atoms with Crippen molar-refractivity contribution in [3.8, 4) is 0 Å². The van der Waals surface area contributed by atoms with Crippen molar-refractivity contribution >= 4 is 23.0 Å². The number of thiocarbonyl (C=S) groups is 1. The summed E-state index contributed by atoms with van der Waals surface area (Å²) in [5.74, 6) is 2.01. The van der Waals surface area contributed by atoms with Crippen molar-refractivity contribution in [1.82, 2.24) is 9.97 Å². The molecule has 0 bridgehead atoms. The highest BCUT2D eigenvalue weighted by Gasteiger charge is 2.14. The summed E-state index contributed by atoms with van der Waals surface area (Å²) < 4.78 is 5.45. The zero-order valence-corrected chi connectivity index (χ0v) is 11.0. The van der Waals surface area contributed by atoms with Crippen molar-refractivity contribution in [2.45, 2.75) is 19.9 Å². The second-order valence-corrected chi connectivity index (χ2v) is 4.38. The molecule has 1 atom stereocenters. The Morgan fingerprint density at radius 3 is 2.89 bits per heavy atom. The molecule has 0 saturated heterocycles. The van der Waals surface area contributed by atoms with E-state index >= 15 is 0 Å². The van der Waals surface area contributed by atoms with Crippen LogP contribution < -0.4 is 11.1 Å². The van der Waals surface area contributed by atoms with Crippen LogP contribution >= 0.6 is 12.2 Å². The fourth-order valence-corrected chi connectivity index (χ4v) is 1.72. The number of hydrogen-bond donors (Lipinski definition) is 2. The summed E-state index contributed by atoms with van der Waals surface area (Å²) in [4.78, 5) is 8.70. The number of nitrogens with zero attached hydrogens (tertiary/aromatic N) is 2. The van der Waals surface area contributed by atoms with E-state index in [1.54, 1.807) is 18.5 Å². The van der Waals surface area contributed by atoms with Crippen LogP contribution in [0.4, 0.5) is 5.82 Å². The van der Waals surface area contributed by atoms with Crippen LogP contribution in [0.25, 0.3) is 0 Å². The minimum absolute atomic E-state index is 0.110. The monoisotopic (exact) mass is 262 g/mol. The third kappa shape index (κ3) is 2.65. The van der Waals surface area contributed by atoms with Gasteiger partial charge in [0.15, 0.2) is 0 Å². The summed E-state index contributed by atoms with van der Waals surface area (Å²) >= 11 is 4.98. The van der Waals surface area contributed by atoms with Crippen LogP contribution in [-0.2, 0) is 0 Å². The number of nitrogens with one attached hydrogen (secondary N) is 1. The molecule has 94 valence electrons.